The SMILES string of the molecule is Cc1cccc(C(=O)N[C@@H](C(=O)NCCc2ccccc2F)C(C)C)c1. The summed E-state index contributed by atoms with van der Waals surface area (Å²) in [7, 11) is 0. The number of nitrogens with one attached hydrogen (secondary N) is 2. The highest BCUT2D eigenvalue weighted by Crippen LogP contribution is 2.09. The second kappa shape index (κ2) is 9.13. The molecule has 0 aliphatic rings. The van der Waals surface area contributed by atoms with E-state index < -0.39 is 6.04 Å². The Labute approximate surface area is 153 Å². The number of aryl methyl sites for hydroxylation is 1. The Balaban J connectivity index is 1.94. The second-order valence-electron chi connectivity index (χ2n) is 6.70. The molecule has 2 rings (SSSR count). The van der Waals surface area contributed by atoms with Crippen molar-refractivity contribution >= 4 is 11.8 Å². The molecule has 26 heavy (non-hydrogen) atoms. The van der Waals surface area contributed by atoms with Crippen LogP contribution in [0.25, 0.3) is 0 Å². The lowest BCUT2D eigenvalue weighted by atomic mass is 10.0. The number of amides is 2. The zero-order valence-corrected chi connectivity index (χ0v) is 15.4. The molecule has 0 aliphatic heterocycles. The molecule has 2 amide bonds. The van der Waals surface area contributed by atoms with Crippen molar-refractivity contribution in [3.8, 4) is 0 Å². The summed E-state index contributed by atoms with van der Waals surface area (Å²) in [5, 5.41) is 5.58. The standard InChI is InChI=1S/C21H25FN2O2/c1-14(2)19(24-20(25)17-9-6-7-15(3)13-17)21(26)23-12-11-16-8-4-5-10-18(16)22/h4-10,13-14,19H,11-12H2,1-3H3,(H,23,26)(H,24,25)/t19-/m1/s1. The van der Waals surface area contributed by atoms with Crippen LogP contribution in [0.15, 0.2) is 48.5 Å². The number of hydrogen-bond donors (Lipinski definition) is 2. The van der Waals surface area contributed by atoms with E-state index in [0.717, 1.165) is 5.56 Å². The van der Waals surface area contributed by atoms with Crippen molar-refractivity contribution in [3.05, 3.63) is 71.0 Å². The summed E-state index contributed by atoms with van der Waals surface area (Å²) < 4.78 is 13.6. The largest absolute Gasteiger partial charge is 0.354 e. The van der Waals surface area contributed by atoms with Gasteiger partial charge in [0.05, 0.1) is 0 Å². The lowest BCUT2D eigenvalue weighted by molar-refractivity contribution is -0.123. The van der Waals surface area contributed by atoms with E-state index in [1.165, 1.54) is 6.07 Å². The van der Waals surface area contributed by atoms with Crippen LogP contribution in [0, 0.1) is 18.7 Å². The van der Waals surface area contributed by atoms with Crippen LogP contribution in [0.5, 0.6) is 0 Å². The summed E-state index contributed by atoms with van der Waals surface area (Å²) in [6.45, 7) is 5.96. The Morgan fingerprint density at radius 1 is 1.08 bits per heavy atom. The molecule has 0 unspecified atom stereocenters. The predicted octanol–water partition coefficient (Wildman–Crippen LogP) is 3.25. The van der Waals surface area contributed by atoms with Crippen molar-refractivity contribution in [2.45, 2.75) is 33.2 Å². The molecule has 2 N–H and O–H groups in total. The van der Waals surface area contributed by atoms with Gasteiger partial charge in [0.2, 0.25) is 5.91 Å². The minimum Gasteiger partial charge on any atom is -0.354 e. The Hall–Kier alpha value is -2.69. The molecule has 5 heteroatoms. The summed E-state index contributed by atoms with van der Waals surface area (Å²) in [4.78, 5) is 24.9. The third kappa shape index (κ3) is 5.41. The summed E-state index contributed by atoms with van der Waals surface area (Å²) >= 11 is 0. The smallest absolute Gasteiger partial charge is 0.251 e. The lowest BCUT2D eigenvalue weighted by Crippen LogP contribution is -2.50. The van der Waals surface area contributed by atoms with Gasteiger partial charge < -0.3 is 10.6 Å². The fraction of sp³-hybridized carbons (Fsp3) is 0.333. The summed E-state index contributed by atoms with van der Waals surface area (Å²) in [6.07, 6.45) is 0.398. The normalized spacial score (nSPS) is 11.9. The number of rotatable bonds is 7. The van der Waals surface area contributed by atoms with Crippen molar-refractivity contribution in [1.29, 1.82) is 0 Å². The first-order chi connectivity index (χ1) is 12.4. The molecular formula is C21H25FN2O2. The number of halogens is 1. The van der Waals surface area contributed by atoms with Gasteiger partial charge in [-0.1, -0.05) is 49.7 Å². The van der Waals surface area contributed by atoms with E-state index in [2.05, 4.69) is 10.6 Å². The maximum Gasteiger partial charge on any atom is 0.251 e. The molecule has 2 aromatic rings. The Kier molecular flexibility index (Phi) is 6.89. The lowest BCUT2D eigenvalue weighted by Gasteiger charge is -2.22. The first-order valence-corrected chi connectivity index (χ1v) is 8.77. The number of hydrogen-bond acceptors (Lipinski definition) is 2. The molecule has 0 saturated carbocycles. The van der Waals surface area contributed by atoms with Crippen LogP contribution in [0.2, 0.25) is 0 Å². The Morgan fingerprint density at radius 2 is 1.81 bits per heavy atom. The predicted molar refractivity (Wildman–Crippen MR) is 100 cm³/mol. The average molecular weight is 356 g/mol. The minimum absolute atomic E-state index is 0.0720. The molecule has 0 aliphatic carbocycles. The van der Waals surface area contributed by atoms with Crippen LogP contribution in [-0.2, 0) is 11.2 Å². The van der Waals surface area contributed by atoms with Gasteiger partial charge in [-0.15, -0.1) is 0 Å². The highest BCUT2D eigenvalue weighted by atomic mass is 19.1. The number of carbonyl (C=O) groups is 2. The zero-order valence-electron chi connectivity index (χ0n) is 15.4. The van der Waals surface area contributed by atoms with Crippen LogP contribution in [0.1, 0.15) is 35.3 Å². The van der Waals surface area contributed by atoms with Crippen LogP contribution in [0.4, 0.5) is 4.39 Å². The maximum atomic E-state index is 13.6. The third-order valence-corrected chi connectivity index (χ3v) is 4.17. The number of carbonyl (C=O) groups excluding carboxylic acids is 2. The van der Waals surface area contributed by atoms with Crippen LogP contribution < -0.4 is 10.6 Å². The third-order valence-electron chi connectivity index (χ3n) is 4.17. The van der Waals surface area contributed by atoms with Gasteiger partial charge >= 0.3 is 0 Å². The molecule has 0 radical (unpaired) electrons. The van der Waals surface area contributed by atoms with Gasteiger partial charge in [-0.05, 0) is 43.0 Å². The molecule has 1 atom stereocenters. The quantitative estimate of drug-likeness (QED) is 0.800. The fourth-order valence-electron chi connectivity index (χ4n) is 2.68. The van der Waals surface area contributed by atoms with E-state index in [4.69, 9.17) is 0 Å². The van der Waals surface area contributed by atoms with Crippen molar-refractivity contribution < 1.29 is 14.0 Å². The van der Waals surface area contributed by atoms with E-state index in [1.54, 1.807) is 30.3 Å². The van der Waals surface area contributed by atoms with Crippen molar-refractivity contribution in [2.75, 3.05) is 6.54 Å². The Bertz CT molecular complexity index is 774. The van der Waals surface area contributed by atoms with Crippen molar-refractivity contribution in [1.82, 2.24) is 10.6 Å². The van der Waals surface area contributed by atoms with Gasteiger partial charge in [-0.3, -0.25) is 9.59 Å². The molecule has 0 saturated heterocycles. The fourth-order valence-corrected chi connectivity index (χ4v) is 2.68. The molecule has 2 aromatic carbocycles. The van der Waals surface area contributed by atoms with Gasteiger partial charge in [0.25, 0.3) is 5.91 Å². The van der Waals surface area contributed by atoms with Crippen molar-refractivity contribution in [3.63, 3.8) is 0 Å². The van der Waals surface area contributed by atoms with E-state index in [9.17, 15) is 14.0 Å². The van der Waals surface area contributed by atoms with Gasteiger partial charge in [0.1, 0.15) is 11.9 Å². The number of benzene rings is 2. The summed E-state index contributed by atoms with van der Waals surface area (Å²) in [6, 6.07) is 13.1. The highest BCUT2D eigenvalue weighted by molar-refractivity contribution is 5.97. The van der Waals surface area contributed by atoms with Gasteiger partial charge in [0.15, 0.2) is 0 Å². The van der Waals surface area contributed by atoms with E-state index in [1.807, 2.05) is 32.9 Å². The Morgan fingerprint density at radius 3 is 2.46 bits per heavy atom. The maximum absolute atomic E-state index is 13.6. The first-order valence-electron chi connectivity index (χ1n) is 8.77. The van der Waals surface area contributed by atoms with Crippen LogP contribution >= 0.6 is 0 Å². The molecule has 0 bridgehead atoms. The summed E-state index contributed by atoms with van der Waals surface area (Å²) in [5.74, 6) is -0.902. The topological polar surface area (TPSA) is 58.2 Å². The molecule has 0 spiro atoms. The minimum atomic E-state index is -0.649. The van der Waals surface area contributed by atoms with Crippen LogP contribution in [0.3, 0.4) is 0 Å². The molecule has 0 fully saturated rings. The summed E-state index contributed by atoms with van der Waals surface area (Å²) in [5.41, 5.74) is 2.06. The average Bonchev–Trinajstić information content (AvgIpc) is 2.60. The van der Waals surface area contributed by atoms with Crippen LogP contribution in [-0.4, -0.2) is 24.4 Å². The molecule has 0 aromatic heterocycles. The second-order valence-corrected chi connectivity index (χ2v) is 6.70. The molecule has 138 valence electrons. The van der Waals surface area contributed by atoms with E-state index >= 15 is 0 Å². The van der Waals surface area contributed by atoms with Gasteiger partial charge in [0, 0.05) is 12.1 Å². The molecular weight excluding hydrogens is 331 g/mol. The van der Waals surface area contributed by atoms with E-state index in [-0.39, 0.29) is 23.5 Å². The monoisotopic (exact) mass is 356 g/mol. The van der Waals surface area contributed by atoms with Crippen molar-refractivity contribution in [2.24, 2.45) is 5.92 Å². The highest BCUT2D eigenvalue weighted by Gasteiger charge is 2.24. The molecule has 4 nitrogen and oxygen atoms in total. The first kappa shape index (κ1) is 19.6. The van der Waals surface area contributed by atoms with Gasteiger partial charge in [-0.2, -0.15) is 0 Å². The van der Waals surface area contributed by atoms with Gasteiger partial charge in [-0.25, -0.2) is 4.39 Å². The van der Waals surface area contributed by atoms with E-state index in [0.29, 0.717) is 24.1 Å². The molecule has 0 heterocycles. The zero-order chi connectivity index (χ0) is 19.1.